The van der Waals surface area contributed by atoms with Crippen LogP contribution in [0.15, 0.2) is 30.3 Å². The van der Waals surface area contributed by atoms with E-state index in [0.29, 0.717) is 5.69 Å². The fourth-order valence-electron chi connectivity index (χ4n) is 2.27. The van der Waals surface area contributed by atoms with Crippen LogP contribution in [0.3, 0.4) is 0 Å². The van der Waals surface area contributed by atoms with Crippen molar-refractivity contribution in [2.45, 2.75) is 33.1 Å². The molecule has 0 fully saturated rings. The number of hydrogen-bond acceptors (Lipinski definition) is 7. The number of anilines is 1. The van der Waals surface area contributed by atoms with Gasteiger partial charge in [0.05, 0.1) is 26.4 Å². The number of benzene rings is 1. The molecule has 0 saturated carbocycles. The Morgan fingerprint density at radius 1 is 0.846 bits per heavy atom. The summed E-state index contributed by atoms with van der Waals surface area (Å²) in [5.41, 5.74) is 0.446. The molecule has 10 heteroatoms. The Morgan fingerprint density at radius 3 is 1.58 bits per heavy atom. The monoisotopic (exact) mass is 407 g/mol. The first kappa shape index (κ1) is 23.0. The summed E-state index contributed by atoms with van der Waals surface area (Å²) in [5, 5.41) is 0.843. The van der Waals surface area contributed by atoms with Crippen molar-refractivity contribution in [1.82, 2.24) is 0 Å². The fraction of sp³-hybridized carbons (Fsp3) is 0.562. The summed E-state index contributed by atoms with van der Waals surface area (Å²) in [7, 11) is -8.26. The molecule has 0 aliphatic heterocycles. The van der Waals surface area contributed by atoms with Gasteiger partial charge in [0.15, 0.2) is 0 Å². The standard InChI is InChI=1S/C16H27NO7P2/c1-5-21-25(19,22-6-2)16(26(20,23-7-3)24-8-4)15(18)17-14-12-10-9-11-13-14/h9-13,16H,5-8H2,1-4H3,(H,17,18). The maximum atomic E-state index is 13.3. The van der Waals surface area contributed by atoms with Gasteiger partial charge in [-0.15, -0.1) is 0 Å². The minimum Gasteiger partial charge on any atom is -0.325 e. The molecule has 0 spiro atoms. The van der Waals surface area contributed by atoms with E-state index in [9.17, 15) is 13.9 Å². The lowest BCUT2D eigenvalue weighted by Crippen LogP contribution is -2.31. The van der Waals surface area contributed by atoms with E-state index in [-0.39, 0.29) is 26.4 Å². The van der Waals surface area contributed by atoms with E-state index in [2.05, 4.69) is 5.32 Å². The average Bonchev–Trinajstić information content (AvgIpc) is 2.56. The van der Waals surface area contributed by atoms with E-state index < -0.39 is 26.5 Å². The highest BCUT2D eigenvalue weighted by molar-refractivity contribution is 7.74. The summed E-state index contributed by atoms with van der Waals surface area (Å²) < 4.78 is 47.7. The Morgan fingerprint density at radius 2 is 1.23 bits per heavy atom. The number of carbonyl (C=O) groups is 1. The Kier molecular flexibility index (Phi) is 9.72. The molecule has 0 aliphatic rings. The average molecular weight is 407 g/mol. The minimum absolute atomic E-state index is 0.00461. The molecular formula is C16H27NO7P2. The smallest absolute Gasteiger partial charge is 0.325 e. The summed E-state index contributed by atoms with van der Waals surface area (Å²) in [6.45, 7) is 6.42. The van der Waals surface area contributed by atoms with E-state index in [4.69, 9.17) is 18.1 Å². The summed E-state index contributed by atoms with van der Waals surface area (Å²) >= 11 is 0. The van der Waals surface area contributed by atoms with Gasteiger partial charge < -0.3 is 23.4 Å². The molecule has 0 unspecified atom stereocenters. The second-order valence-corrected chi connectivity index (χ2v) is 9.61. The quantitative estimate of drug-likeness (QED) is 0.510. The van der Waals surface area contributed by atoms with E-state index in [1.807, 2.05) is 0 Å². The van der Waals surface area contributed by atoms with Crippen LogP contribution in [0, 0.1) is 0 Å². The van der Waals surface area contributed by atoms with E-state index in [1.54, 1.807) is 58.0 Å². The normalized spacial score (nSPS) is 12.3. The van der Waals surface area contributed by atoms with Crippen molar-refractivity contribution in [1.29, 1.82) is 0 Å². The first-order valence-corrected chi connectivity index (χ1v) is 11.7. The van der Waals surface area contributed by atoms with Crippen molar-refractivity contribution in [3.05, 3.63) is 30.3 Å². The summed E-state index contributed by atoms with van der Waals surface area (Å²) in [6, 6.07) is 8.52. The molecule has 1 aromatic rings. The summed E-state index contributed by atoms with van der Waals surface area (Å²) in [4.78, 5) is 12.9. The third-order valence-corrected chi connectivity index (χ3v) is 8.95. The SMILES string of the molecule is CCOP(=O)(OCC)C(C(=O)Nc1ccccc1)P(=O)(OCC)OCC. The van der Waals surface area contributed by atoms with Crippen LogP contribution in [0.5, 0.6) is 0 Å². The Labute approximate surface area is 154 Å². The topological polar surface area (TPSA) is 100 Å². The molecule has 0 atom stereocenters. The van der Waals surface area contributed by atoms with E-state index in [1.165, 1.54) is 0 Å². The number of carbonyl (C=O) groups excluding carboxylic acids is 1. The molecular weight excluding hydrogens is 380 g/mol. The van der Waals surface area contributed by atoms with Gasteiger partial charge >= 0.3 is 15.2 Å². The van der Waals surface area contributed by atoms with Crippen LogP contribution in [0.2, 0.25) is 0 Å². The van der Waals surface area contributed by atoms with Crippen molar-refractivity contribution < 1.29 is 32.0 Å². The van der Waals surface area contributed by atoms with Crippen LogP contribution < -0.4 is 5.32 Å². The van der Waals surface area contributed by atoms with Crippen molar-refractivity contribution in [2.24, 2.45) is 0 Å². The van der Waals surface area contributed by atoms with Gasteiger partial charge in [-0.2, -0.15) is 0 Å². The highest BCUT2D eigenvalue weighted by Gasteiger charge is 2.55. The third kappa shape index (κ3) is 6.02. The molecule has 26 heavy (non-hydrogen) atoms. The summed E-state index contributed by atoms with van der Waals surface area (Å²) in [6.07, 6.45) is 0. The number of amides is 1. The lowest BCUT2D eigenvalue weighted by Gasteiger charge is -2.30. The maximum Gasteiger partial charge on any atom is 0.355 e. The van der Waals surface area contributed by atoms with Gasteiger partial charge in [0, 0.05) is 5.69 Å². The molecule has 1 aromatic carbocycles. The Hall–Kier alpha value is -1.01. The van der Waals surface area contributed by atoms with Gasteiger partial charge in [-0.25, -0.2) is 0 Å². The predicted octanol–water partition coefficient (Wildman–Crippen LogP) is 4.48. The molecule has 0 radical (unpaired) electrons. The van der Waals surface area contributed by atoms with Crippen molar-refractivity contribution in [3.63, 3.8) is 0 Å². The zero-order valence-corrected chi connectivity index (χ0v) is 17.3. The Balaban J connectivity index is 3.37. The number of rotatable bonds is 12. The fourth-order valence-corrected chi connectivity index (χ4v) is 7.31. The minimum atomic E-state index is -4.13. The van der Waals surface area contributed by atoms with Crippen LogP contribution in [0.4, 0.5) is 5.69 Å². The second-order valence-electron chi connectivity index (χ2n) is 4.98. The zero-order chi connectivity index (χ0) is 19.6. The highest BCUT2D eigenvalue weighted by Crippen LogP contribution is 2.70. The van der Waals surface area contributed by atoms with Gasteiger partial charge in [-0.3, -0.25) is 13.9 Å². The molecule has 0 heterocycles. The van der Waals surface area contributed by atoms with Crippen LogP contribution >= 0.6 is 15.2 Å². The molecule has 1 amide bonds. The molecule has 0 bridgehead atoms. The molecule has 148 valence electrons. The van der Waals surface area contributed by atoms with E-state index in [0.717, 1.165) is 0 Å². The van der Waals surface area contributed by atoms with Gasteiger partial charge in [0.1, 0.15) is 0 Å². The van der Waals surface area contributed by atoms with E-state index >= 15 is 0 Å². The van der Waals surface area contributed by atoms with Gasteiger partial charge in [-0.05, 0) is 39.8 Å². The molecule has 0 aromatic heterocycles. The van der Waals surface area contributed by atoms with Crippen LogP contribution in [-0.4, -0.2) is 37.7 Å². The number of hydrogen-bond donors (Lipinski definition) is 1. The predicted molar refractivity (Wildman–Crippen MR) is 101 cm³/mol. The van der Waals surface area contributed by atoms with Crippen LogP contribution in [-0.2, 0) is 32.0 Å². The van der Waals surface area contributed by atoms with Crippen LogP contribution in [0.25, 0.3) is 0 Å². The third-order valence-electron chi connectivity index (χ3n) is 3.11. The summed E-state index contributed by atoms with van der Waals surface area (Å²) in [5.74, 6) is -0.813. The lowest BCUT2D eigenvalue weighted by atomic mass is 10.3. The van der Waals surface area contributed by atoms with Crippen LogP contribution in [0.1, 0.15) is 27.7 Å². The van der Waals surface area contributed by atoms with Crippen molar-refractivity contribution in [3.8, 4) is 0 Å². The number of nitrogens with one attached hydrogen (secondary N) is 1. The molecule has 0 saturated heterocycles. The van der Waals surface area contributed by atoms with Gasteiger partial charge in [0.2, 0.25) is 5.40 Å². The lowest BCUT2D eigenvalue weighted by molar-refractivity contribution is -0.115. The number of para-hydroxylation sites is 1. The maximum absolute atomic E-state index is 13.3. The second kappa shape index (κ2) is 11.0. The highest BCUT2D eigenvalue weighted by atomic mass is 31.2. The van der Waals surface area contributed by atoms with Gasteiger partial charge in [0.25, 0.3) is 5.91 Å². The molecule has 1 rings (SSSR count). The van der Waals surface area contributed by atoms with Crippen molar-refractivity contribution >= 4 is 26.8 Å². The molecule has 0 aliphatic carbocycles. The molecule has 1 N–H and O–H groups in total. The first-order chi connectivity index (χ1) is 12.4. The Bertz CT molecular complexity index is 603. The zero-order valence-electron chi connectivity index (χ0n) is 15.5. The molecule has 8 nitrogen and oxygen atoms in total. The van der Waals surface area contributed by atoms with Gasteiger partial charge in [-0.1, -0.05) is 18.2 Å². The van der Waals surface area contributed by atoms with Crippen molar-refractivity contribution in [2.75, 3.05) is 31.7 Å². The first-order valence-electron chi connectivity index (χ1n) is 8.50. The largest absolute Gasteiger partial charge is 0.355 e.